The summed E-state index contributed by atoms with van der Waals surface area (Å²) < 4.78 is 7.63. The van der Waals surface area contributed by atoms with E-state index in [1.807, 2.05) is 48.9 Å². The number of hydrogen-bond donors (Lipinski definition) is 2. The van der Waals surface area contributed by atoms with E-state index < -0.39 is 0 Å². The highest BCUT2D eigenvalue weighted by atomic mass is 16.5. The van der Waals surface area contributed by atoms with Crippen molar-refractivity contribution in [3.05, 3.63) is 47.7 Å². The SMILES string of the molecule is Cc1nc([C@@H]2OCC[C@@H]2NC(=O)c2cc3ccccc3n2C)n[nH]1. The summed E-state index contributed by atoms with van der Waals surface area (Å²) in [5.74, 6) is 1.22. The molecule has 2 atom stereocenters. The minimum atomic E-state index is -0.311. The van der Waals surface area contributed by atoms with Gasteiger partial charge in [-0.25, -0.2) is 4.98 Å². The van der Waals surface area contributed by atoms with Crippen LogP contribution in [0.3, 0.4) is 0 Å². The zero-order valence-corrected chi connectivity index (χ0v) is 13.6. The van der Waals surface area contributed by atoms with Crippen molar-refractivity contribution in [2.45, 2.75) is 25.5 Å². The summed E-state index contributed by atoms with van der Waals surface area (Å²) in [5, 5.41) is 11.1. The molecule has 7 nitrogen and oxygen atoms in total. The van der Waals surface area contributed by atoms with Crippen LogP contribution < -0.4 is 5.32 Å². The number of amides is 1. The first-order chi connectivity index (χ1) is 11.6. The van der Waals surface area contributed by atoms with E-state index in [2.05, 4.69) is 20.5 Å². The first-order valence-corrected chi connectivity index (χ1v) is 7.99. The van der Waals surface area contributed by atoms with Gasteiger partial charge in [-0.2, -0.15) is 5.10 Å². The highest BCUT2D eigenvalue weighted by Gasteiger charge is 2.34. The number of H-pyrrole nitrogens is 1. The lowest BCUT2D eigenvalue weighted by molar-refractivity contribution is 0.0787. The van der Waals surface area contributed by atoms with Crippen molar-refractivity contribution in [1.82, 2.24) is 25.1 Å². The minimum absolute atomic E-state index is 0.110. The topological polar surface area (TPSA) is 84.8 Å². The number of rotatable bonds is 3. The Balaban J connectivity index is 1.57. The van der Waals surface area contributed by atoms with Gasteiger partial charge in [-0.05, 0) is 25.5 Å². The summed E-state index contributed by atoms with van der Waals surface area (Å²) in [6, 6.07) is 9.72. The van der Waals surface area contributed by atoms with Gasteiger partial charge in [0.25, 0.3) is 5.91 Å². The number of aryl methyl sites for hydroxylation is 2. The van der Waals surface area contributed by atoms with Crippen LogP contribution >= 0.6 is 0 Å². The Morgan fingerprint density at radius 2 is 2.25 bits per heavy atom. The van der Waals surface area contributed by atoms with E-state index in [1.165, 1.54) is 0 Å². The predicted molar refractivity (Wildman–Crippen MR) is 88.6 cm³/mol. The molecule has 1 amide bonds. The Bertz CT molecular complexity index is 897. The van der Waals surface area contributed by atoms with Gasteiger partial charge in [-0.3, -0.25) is 9.89 Å². The Morgan fingerprint density at radius 3 is 3.00 bits per heavy atom. The first kappa shape index (κ1) is 14.9. The third-order valence-electron chi connectivity index (χ3n) is 4.46. The summed E-state index contributed by atoms with van der Waals surface area (Å²) in [5.41, 5.74) is 1.67. The second kappa shape index (κ2) is 5.76. The number of aromatic amines is 1. The summed E-state index contributed by atoms with van der Waals surface area (Å²) in [6.45, 7) is 2.42. The Morgan fingerprint density at radius 1 is 1.42 bits per heavy atom. The molecule has 0 unspecified atom stereocenters. The van der Waals surface area contributed by atoms with Crippen molar-refractivity contribution in [3.63, 3.8) is 0 Å². The number of benzene rings is 1. The fourth-order valence-electron chi connectivity index (χ4n) is 3.23. The Kier molecular flexibility index (Phi) is 3.57. The fourth-order valence-corrected chi connectivity index (χ4v) is 3.23. The summed E-state index contributed by atoms with van der Waals surface area (Å²) in [7, 11) is 1.90. The van der Waals surface area contributed by atoms with Gasteiger partial charge in [0.15, 0.2) is 5.82 Å². The lowest BCUT2D eigenvalue weighted by atomic mass is 10.1. The molecule has 0 spiro atoms. The molecule has 7 heteroatoms. The van der Waals surface area contributed by atoms with Crippen molar-refractivity contribution >= 4 is 16.8 Å². The molecule has 0 aliphatic carbocycles. The fraction of sp³-hybridized carbons (Fsp3) is 0.353. The first-order valence-electron chi connectivity index (χ1n) is 7.99. The van der Waals surface area contributed by atoms with Crippen LogP contribution in [0, 0.1) is 6.92 Å². The number of nitrogens with one attached hydrogen (secondary N) is 2. The van der Waals surface area contributed by atoms with Crippen molar-refractivity contribution in [3.8, 4) is 0 Å². The third-order valence-corrected chi connectivity index (χ3v) is 4.46. The number of nitrogens with zero attached hydrogens (tertiary/aromatic N) is 3. The molecule has 2 aromatic heterocycles. The van der Waals surface area contributed by atoms with Gasteiger partial charge in [0.1, 0.15) is 17.6 Å². The van der Waals surface area contributed by atoms with Gasteiger partial charge in [0.05, 0.1) is 6.04 Å². The third kappa shape index (κ3) is 2.46. The maximum Gasteiger partial charge on any atom is 0.268 e. The van der Waals surface area contributed by atoms with Crippen LogP contribution in [-0.4, -0.2) is 38.3 Å². The van der Waals surface area contributed by atoms with Crippen LogP contribution in [0.5, 0.6) is 0 Å². The highest BCUT2D eigenvalue weighted by molar-refractivity contribution is 5.98. The van der Waals surface area contributed by atoms with Crippen LogP contribution in [0.2, 0.25) is 0 Å². The molecule has 1 aliphatic heterocycles. The van der Waals surface area contributed by atoms with Crippen LogP contribution in [-0.2, 0) is 11.8 Å². The molecular weight excluding hydrogens is 306 g/mol. The molecule has 4 rings (SSSR count). The van der Waals surface area contributed by atoms with Gasteiger partial charge < -0.3 is 14.6 Å². The van der Waals surface area contributed by atoms with E-state index in [0.717, 1.165) is 23.1 Å². The van der Waals surface area contributed by atoms with Gasteiger partial charge >= 0.3 is 0 Å². The molecule has 3 aromatic rings. The number of hydrogen-bond acceptors (Lipinski definition) is 4. The number of ether oxygens (including phenoxy) is 1. The average molecular weight is 325 g/mol. The van der Waals surface area contributed by atoms with Crippen molar-refractivity contribution in [2.24, 2.45) is 7.05 Å². The average Bonchev–Trinajstić information content (AvgIpc) is 3.27. The quantitative estimate of drug-likeness (QED) is 0.770. The standard InChI is InChI=1S/C17H19N5O2/c1-10-18-16(21-20-10)15-12(7-8-24-15)19-17(23)14-9-11-5-3-4-6-13(11)22(14)2/h3-6,9,12,15H,7-8H2,1-2H3,(H,19,23)(H,18,20,21)/t12-,15+/m0/s1. The Labute approximate surface area is 139 Å². The number of fused-ring (bicyclic) bond motifs is 1. The van der Waals surface area contributed by atoms with Crippen LogP contribution in [0.1, 0.15) is 34.7 Å². The molecule has 1 fully saturated rings. The number of para-hydroxylation sites is 1. The van der Waals surface area contributed by atoms with E-state index in [9.17, 15) is 4.79 Å². The van der Waals surface area contributed by atoms with Crippen LogP contribution in [0.15, 0.2) is 30.3 Å². The summed E-state index contributed by atoms with van der Waals surface area (Å²) >= 11 is 0. The number of aromatic nitrogens is 4. The van der Waals surface area contributed by atoms with Crippen LogP contribution in [0.25, 0.3) is 10.9 Å². The summed E-state index contributed by atoms with van der Waals surface area (Å²) in [6.07, 6.45) is 0.432. The van der Waals surface area contributed by atoms with Crippen molar-refractivity contribution in [2.75, 3.05) is 6.61 Å². The smallest absolute Gasteiger partial charge is 0.268 e. The largest absolute Gasteiger partial charge is 0.368 e. The molecule has 0 saturated carbocycles. The molecule has 1 aromatic carbocycles. The van der Waals surface area contributed by atoms with Crippen LogP contribution in [0.4, 0.5) is 0 Å². The molecule has 1 saturated heterocycles. The van der Waals surface area contributed by atoms with E-state index in [1.54, 1.807) is 0 Å². The summed E-state index contributed by atoms with van der Waals surface area (Å²) in [4.78, 5) is 17.1. The van der Waals surface area contributed by atoms with Crippen molar-refractivity contribution < 1.29 is 9.53 Å². The molecule has 124 valence electrons. The zero-order chi connectivity index (χ0) is 16.7. The Hall–Kier alpha value is -2.67. The molecule has 0 bridgehead atoms. The normalized spacial score (nSPS) is 20.6. The zero-order valence-electron chi connectivity index (χ0n) is 13.6. The maximum absolute atomic E-state index is 12.7. The number of carbonyl (C=O) groups is 1. The molecule has 24 heavy (non-hydrogen) atoms. The number of carbonyl (C=O) groups excluding carboxylic acids is 1. The monoisotopic (exact) mass is 325 g/mol. The maximum atomic E-state index is 12.7. The van der Waals surface area contributed by atoms with Crippen molar-refractivity contribution in [1.29, 1.82) is 0 Å². The van der Waals surface area contributed by atoms with E-state index in [-0.39, 0.29) is 18.1 Å². The minimum Gasteiger partial charge on any atom is -0.368 e. The second-order valence-electron chi connectivity index (χ2n) is 6.09. The molecule has 1 aliphatic rings. The lowest BCUT2D eigenvalue weighted by Crippen LogP contribution is -2.37. The lowest BCUT2D eigenvalue weighted by Gasteiger charge is -2.17. The van der Waals surface area contributed by atoms with E-state index >= 15 is 0 Å². The van der Waals surface area contributed by atoms with Gasteiger partial charge in [0, 0.05) is 24.6 Å². The van der Waals surface area contributed by atoms with Gasteiger partial charge in [-0.15, -0.1) is 0 Å². The predicted octanol–water partition coefficient (Wildman–Crippen LogP) is 1.86. The van der Waals surface area contributed by atoms with Gasteiger partial charge in [0.2, 0.25) is 0 Å². The highest BCUT2D eigenvalue weighted by Crippen LogP contribution is 2.27. The second-order valence-corrected chi connectivity index (χ2v) is 6.09. The molecule has 0 radical (unpaired) electrons. The molecule has 2 N–H and O–H groups in total. The molecule has 3 heterocycles. The van der Waals surface area contributed by atoms with E-state index in [0.29, 0.717) is 18.1 Å². The van der Waals surface area contributed by atoms with Gasteiger partial charge in [-0.1, -0.05) is 18.2 Å². The molecular formula is C17H19N5O2. The van der Waals surface area contributed by atoms with E-state index in [4.69, 9.17) is 4.74 Å².